The van der Waals surface area contributed by atoms with Gasteiger partial charge in [-0.1, -0.05) is 23.8 Å². The molecule has 0 aliphatic carbocycles. The highest BCUT2D eigenvalue weighted by molar-refractivity contribution is 5.74. The van der Waals surface area contributed by atoms with Gasteiger partial charge in [0.15, 0.2) is 0 Å². The summed E-state index contributed by atoms with van der Waals surface area (Å²) >= 11 is 0. The van der Waals surface area contributed by atoms with Gasteiger partial charge >= 0.3 is 6.03 Å². The molecule has 0 radical (unpaired) electrons. The third kappa shape index (κ3) is 4.65. The number of aromatic nitrogens is 1. The summed E-state index contributed by atoms with van der Waals surface area (Å²) in [4.78, 5) is 20.7. The lowest BCUT2D eigenvalue weighted by Gasteiger charge is -2.35. The largest absolute Gasteiger partial charge is 0.491 e. The number of amides is 2. The van der Waals surface area contributed by atoms with E-state index in [1.807, 2.05) is 42.2 Å². The summed E-state index contributed by atoms with van der Waals surface area (Å²) in [5, 5.41) is 2.94. The van der Waals surface area contributed by atoms with E-state index >= 15 is 0 Å². The summed E-state index contributed by atoms with van der Waals surface area (Å²) < 4.78 is 5.75. The molecular formula is C20H26N4O2. The first-order valence-electron chi connectivity index (χ1n) is 9.02. The van der Waals surface area contributed by atoms with Crippen molar-refractivity contribution in [3.8, 4) is 5.75 Å². The Labute approximate surface area is 154 Å². The summed E-state index contributed by atoms with van der Waals surface area (Å²) in [6, 6.07) is 12.0. The van der Waals surface area contributed by atoms with Crippen molar-refractivity contribution in [3.63, 3.8) is 0 Å². The van der Waals surface area contributed by atoms with E-state index in [4.69, 9.17) is 4.74 Å². The van der Waals surface area contributed by atoms with Crippen LogP contribution in [0.15, 0.2) is 42.6 Å². The average molecular weight is 354 g/mol. The highest BCUT2D eigenvalue weighted by Gasteiger charge is 2.21. The molecule has 0 atom stereocenters. The molecule has 1 aromatic heterocycles. The minimum absolute atomic E-state index is 0.0325. The van der Waals surface area contributed by atoms with Crippen molar-refractivity contribution >= 4 is 11.8 Å². The summed E-state index contributed by atoms with van der Waals surface area (Å²) in [6.07, 6.45) is 1.80. The van der Waals surface area contributed by atoms with Gasteiger partial charge in [-0.3, -0.25) is 0 Å². The van der Waals surface area contributed by atoms with Gasteiger partial charge in [0.05, 0.1) is 6.54 Å². The zero-order valence-electron chi connectivity index (χ0n) is 15.4. The number of aryl methyl sites for hydroxylation is 2. The van der Waals surface area contributed by atoms with Crippen molar-refractivity contribution < 1.29 is 9.53 Å². The van der Waals surface area contributed by atoms with Crippen molar-refractivity contribution in [2.24, 2.45) is 0 Å². The smallest absolute Gasteiger partial charge is 0.317 e. The van der Waals surface area contributed by atoms with E-state index in [0.29, 0.717) is 26.2 Å². The fraction of sp³-hybridized carbons (Fsp3) is 0.400. The number of carbonyl (C=O) groups excluding carboxylic acids is 1. The second-order valence-corrected chi connectivity index (χ2v) is 6.51. The number of nitrogens with one attached hydrogen (secondary N) is 1. The first kappa shape index (κ1) is 18.0. The summed E-state index contributed by atoms with van der Waals surface area (Å²) in [6.45, 7) is 8.02. The Morgan fingerprint density at radius 3 is 2.65 bits per heavy atom. The predicted octanol–water partition coefficient (Wildman–Crippen LogP) is 2.61. The molecule has 26 heavy (non-hydrogen) atoms. The average Bonchev–Trinajstić information content (AvgIpc) is 2.67. The van der Waals surface area contributed by atoms with Crippen LogP contribution in [0.5, 0.6) is 5.75 Å². The molecule has 6 heteroatoms. The third-order valence-corrected chi connectivity index (χ3v) is 4.51. The minimum Gasteiger partial charge on any atom is -0.491 e. The van der Waals surface area contributed by atoms with Gasteiger partial charge in [0.1, 0.15) is 18.2 Å². The Balaban J connectivity index is 1.38. The van der Waals surface area contributed by atoms with Gasteiger partial charge in [0.2, 0.25) is 0 Å². The topological polar surface area (TPSA) is 57.7 Å². The molecule has 1 aliphatic rings. The molecule has 2 amide bonds. The van der Waals surface area contributed by atoms with Crippen LogP contribution in [0.1, 0.15) is 11.1 Å². The van der Waals surface area contributed by atoms with Crippen molar-refractivity contribution in [3.05, 3.63) is 53.7 Å². The standard InChI is InChI=1S/C20H26N4O2/c1-16-6-7-18(17(2)15-16)26-14-9-22-20(25)24-12-10-23(11-13-24)19-5-3-4-8-21-19/h3-8,15H,9-14H2,1-2H3,(H,22,25). The molecule has 1 fully saturated rings. The molecule has 0 unspecified atom stereocenters. The highest BCUT2D eigenvalue weighted by Crippen LogP contribution is 2.18. The van der Waals surface area contributed by atoms with Crippen LogP contribution in [0.2, 0.25) is 0 Å². The predicted molar refractivity (Wildman–Crippen MR) is 103 cm³/mol. The molecule has 1 saturated heterocycles. The number of nitrogens with zero attached hydrogens (tertiary/aromatic N) is 3. The molecule has 3 rings (SSSR count). The molecule has 0 spiro atoms. The second-order valence-electron chi connectivity index (χ2n) is 6.51. The molecule has 6 nitrogen and oxygen atoms in total. The minimum atomic E-state index is -0.0325. The molecule has 1 N–H and O–H groups in total. The number of hydrogen-bond acceptors (Lipinski definition) is 4. The Bertz CT molecular complexity index is 728. The van der Waals surface area contributed by atoms with Crippen LogP contribution in [0.3, 0.4) is 0 Å². The number of rotatable bonds is 5. The Morgan fingerprint density at radius 1 is 1.15 bits per heavy atom. The SMILES string of the molecule is Cc1ccc(OCCNC(=O)N2CCN(c3ccccn3)CC2)c(C)c1. The zero-order chi connectivity index (χ0) is 18.4. The van der Waals surface area contributed by atoms with E-state index in [9.17, 15) is 4.79 Å². The maximum absolute atomic E-state index is 12.3. The molecule has 2 heterocycles. The summed E-state index contributed by atoms with van der Waals surface area (Å²) in [7, 11) is 0. The van der Waals surface area contributed by atoms with Crippen LogP contribution in [0, 0.1) is 13.8 Å². The number of benzene rings is 1. The Hall–Kier alpha value is -2.76. The van der Waals surface area contributed by atoms with Crippen LogP contribution in [-0.2, 0) is 0 Å². The summed E-state index contributed by atoms with van der Waals surface area (Å²) in [5.74, 6) is 1.84. The Morgan fingerprint density at radius 2 is 1.96 bits per heavy atom. The number of ether oxygens (including phenoxy) is 1. The van der Waals surface area contributed by atoms with Crippen molar-refractivity contribution in [1.82, 2.24) is 15.2 Å². The number of pyridine rings is 1. The van der Waals surface area contributed by atoms with Crippen LogP contribution >= 0.6 is 0 Å². The van der Waals surface area contributed by atoms with Gasteiger partial charge < -0.3 is 19.9 Å². The fourth-order valence-corrected chi connectivity index (χ4v) is 3.07. The van der Waals surface area contributed by atoms with Gasteiger partial charge in [-0.15, -0.1) is 0 Å². The van der Waals surface area contributed by atoms with Crippen molar-refractivity contribution in [2.75, 3.05) is 44.2 Å². The molecular weight excluding hydrogens is 328 g/mol. The van der Waals surface area contributed by atoms with Crippen molar-refractivity contribution in [2.45, 2.75) is 13.8 Å². The summed E-state index contributed by atoms with van der Waals surface area (Å²) in [5.41, 5.74) is 2.33. The Kier molecular flexibility index (Phi) is 5.94. The first-order valence-corrected chi connectivity index (χ1v) is 9.02. The second kappa shape index (κ2) is 8.56. The van der Waals surface area contributed by atoms with E-state index in [1.54, 1.807) is 6.20 Å². The number of hydrogen-bond donors (Lipinski definition) is 1. The molecule has 2 aromatic rings. The van der Waals surface area contributed by atoms with Crippen LogP contribution in [0.25, 0.3) is 0 Å². The van der Waals surface area contributed by atoms with Crippen LogP contribution < -0.4 is 15.0 Å². The molecule has 0 saturated carbocycles. The zero-order valence-corrected chi connectivity index (χ0v) is 15.4. The number of urea groups is 1. The normalized spacial score (nSPS) is 14.2. The lowest BCUT2D eigenvalue weighted by Crippen LogP contribution is -2.52. The first-order chi connectivity index (χ1) is 12.6. The number of anilines is 1. The van der Waals surface area contributed by atoms with Gasteiger partial charge in [0, 0.05) is 32.4 Å². The van der Waals surface area contributed by atoms with E-state index in [1.165, 1.54) is 5.56 Å². The van der Waals surface area contributed by atoms with Crippen LogP contribution in [0.4, 0.5) is 10.6 Å². The van der Waals surface area contributed by atoms with Gasteiger partial charge in [0.25, 0.3) is 0 Å². The quantitative estimate of drug-likeness (QED) is 0.839. The van der Waals surface area contributed by atoms with E-state index in [0.717, 1.165) is 30.2 Å². The van der Waals surface area contributed by atoms with E-state index in [-0.39, 0.29) is 6.03 Å². The molecule has 0 bridgehead atoms. The number of piperazine rings is 1. The van der Waals surface area contributed by atoms with E-state index in [2.05, 4.69) is 28.2 Å². The van der Waals surface area contributed by atoms with Gasteiger partial charge in [-0.05, 0) is 37.6 Å². The van der Waals surface area contributed by atoms with Gasteiger partial charge in [-0.2, -0.15) is 0 Å². The molecule has 138 valence electrons. The van der Waals surface area contributed by atoms with E-state index < -0.39 is 0 Å². The lowest BCUT2D eigenvalue weighted by molar-refractivity contribution is 0.191. The number of carbonyl (C=O) groups is 1. The maximum atomic E-state index is 12.3. The van der Waals surface area contributed by atoms with Gasteiger partial charge in [-0.25, -0.2) is 9.78 Å². The highest BCUT2D eigenvalue weighted by atomic mass is 16.5. The third-order valence-electron chi connectivity index (χ3n) is 4.51. The fourth-order valence-electron chi connectivity index (χ4n) is 3.07. The molecule has 1 aliphatic heterocycles. The molecule has 1 aromatic carbocycles. The maximum Gasteiger partial charge on any atom is 0.317 e. The lowest BCUT2D eigenvalue weighted by atomic mass is 10.1. The monoisotopic (exact) mass is 354 g/mol. The van der Waals surface area contributed by atoms with Crippen molar-refractivity contribution in [1.29, 1.82) is 0 Å². The van der Waals surface area contributed by atoms with Crippen LogP contribution in [-0.4, -0.2) is 55.2 Å².